The Labute approximate surface area is 189 Å². The molecule has 32 heavy (non-hydrogen) atoms. The first-order valence-electron chi connectivity index (χ1n) is 12.4. The molecule has 1 unspecified atom stereocenters. The van der Waals surface area contributed by atoms with E-state index in [4.69, 9.17) is 4.74 Å². The Kier molecular flexibility index (Phi) is 5.75. The smallest absolute Gasteiger partial charge is 0.409 e. The maximum atomic E-state index is 13.2. The van der Waals surface area contributed by atoms with E-state index in [9.17, 15) is 18.4 Å². The Morgan fingerprint density at radius 1 is 0.969 bits per heavy atom. The molecule has 5 rings (SSSR count). The molecule has 0 bridgehead atoms. The molecule has 180 valence electrons. The lowest BCUT2D eigenvalue weighted by atomic mass is 9.64. The Hall–Kier alpha value is -1.64. The first kappa shape index (κ1) is 22.2. The fraction of sp³-hybridized carbons (Fsp3) is 0.913. The van der Waals surface area contributed by atoms with Gasteiger partial charge in [-0.25, -0.2) is 18.4 Å². The van der Waals surface area contributed by atoms with E-state index in [0.717, 1.165) is 71.1 Å². The molecule has 3 amide bonds. The average molecular weight is 455 g/mol. The van der Waals surface area contributed by atoms with Crippen LogP contribution in [-0.2, 0) is 4.74 Å². The molecule has 9 heteroatoms. The summed E-state index contributed by atoms with van der Waals surface area (Å²) in [5, 5.41) is 0. The molecule has 7 nitrogen and oxygen atoms in total. The summed E-state index contributed by atoms with van der Waals surface area (Å²) in [5.74, 6) is -2.23. The number of hydrogen-bond donors (Lipinski definition) is 0. The zero-order valence-electron chi connectivity index (χ0n) is 19.1. The molecule has 0 aromatic heterocycles. The molecule has 0 N–H and O–H groups in total. The highest BCUT2D eigenvalue weighted by molar-refractivity contribution is 5.76. The number of nitrogens with zero attached hydrogens (tertiary/aromatic N) is 4. The lowest BCUT2D eigenvalue weighted by Crippen LogP contribution is -2.62. The van der Waals surface area contributed by atoms with Gasteiger partial charge in [0.25, 0.3) is 5.92 Å². The van der Waals surface area contributed by atoms with Crippen LogP contribution in [0.4, 0.5) is 18.4 Å². The zero-order valence-corrected chi connectivity index (χ0v) is 19.1. The Balaban J connectivity index is 1.08. The number of rotatable bonds is 3. The molecule has 1 aliphatic carbocycles. The number of hydrogen-bond acceptors (Lipinski definition) is 4. The van der Waals surface area contributed by atoms with Crippen molar-refractivity contribution < 1.29 is 23.1 Å². The first-order valence-corrected chi connectivity index (χ1v) is 12.4. The zero-order chi connectivity index (χ0) is 22.5. The van der Waals surface area contributed by atoms with Crippen LogP contribution in [0.5, 0.6) is 0 Å². The third-order valence-electron chi connectivity index (χ3n) is 8.60. The van der Waals surface area contributed by atoms with Gasteiger partial charge in [0, 0.05) is 31.7 Å². The second-order valence-corrected chi connectivity index (χ2v) is 10.7. The fourth-order valence-corrected chi connectivity index (χ4v) is 6.86. The summed E-state index contributed by atoms with van der Waals surface area (Å²) in [6, 6.07) is 0.622. The minimum absolute atomic E-state index is 0.175. The molecule has 1 saturated carbocycles. The topological polar surface area (TPSA) is 56.3 Å². The molecular weight excluding hydrogens is 418 g/mol. The van der Waals surface area contributed by atoms with Crippen LogP contribution < -0.4 is 0 Å². The van der Waals surface area contributed by atoms with Gasteiger partial charge in [0.05, 0.1) is 19.7 Å². The minimum Gasteiger partial charge on any atom is -0.450 e. The van der Waals surface area contributed by atoms with Gasteiger partial charge in [-0.1, -0.05) is 0 Å². The third kappa shape index (κ3) is 4.05. The third-order valence-corrected chi connectivity index (χ3v) is 8.60. The standard InChI is InChI=1S/C23H36F2N4O3/c1-2-32-21(31)27-11-7-22(14-27)12-18(13-22)26-9-5-17(6-10-26)19-4-3-8-29(19)20(30)28-15-23(24,25)16-28/h17-19H,2-16H2,1H3. The van der Waals surface area contributed by atoms with Crippen LogP contribution in [0.15, 0.2) is 0 Å². The second kappa shape index (κ2) is 8.29. The van der Waals surface area contributed by atoms with Crippen LogP contribution in [0.2, 0.25) is 0 Å². The van der Waals surface area contributed by atoms with Crippen LogP contribution in [0.3, 0.4) is 0 Å². The average Bonchev–Trinajstić information content (AvgIpc) is 3.38. The van der Waals surface area contributed by atoms with E-state index < -0.39 is 19.0 Å². The van der Waals surface area contributed by atoms with E-state index in [-0.39, 0.29) is 23.6 Å². The fourth-order valence-electron chi connectivity index (χ4n) is 6.86. The van der Waals surface area contributed by atoms with Gasteiger partial charge in [-0.3, -0.25) is 0 Å². The van der Waals surface area contributed by atoms with Crippen LogP contribution in [0.1, 0.15) is 51.9 Å². The lowest BCUT2D eigenvalue weighted by Gasteiger charge is -2.52. The van der Waals surface area contributed by atoms with Gasteiger partial charge in [0.1, 0.15) is 0 Å². The van der Waals surface area contributed by atoms with Crippen LogP contribution in [0, 0.1) is 11.3 Å². The molecular formula is C23H36F2N4O3. The summed E-state index contributed by atoms with van der Waals surface area (Å²) in [7, 11) is 0. The van der Waals surface area contributed by atoms with Crippen molar-refractivity contribution in [1.82, 2.24) is 19.6 Å². The SMILES string of the molecule is CCOC(=O)N1CCC2(CC(N3CCC(C4CCCN4C(=O)N4CC(F)(F)C4)CC3)C2)C1. The minimum atomic E-state index is -2.71. The van der Waals surface area contributed by atoms with Crippen molar-refractivity contribution in [1.29, 1.82) is 0 Å². The monoisotopic (exact) mass is 454 g/mol. The summed E-state index contributed by atoms with van der Waals surface area (Å²) >= 11 is 0. The molecule has 5 aliphatic rings. The largest absolute Gasteiger partial charge is 0.450 e. The summed E-state index contributed by atoms with van der Waals surface area (Å²) < 4.78 is 31.6. The van der Waals surface area contributed by atoms with Crippen LogP contribution in [-0.4, -0.2) is 102 Å². The van der Waals surface area contributed by atoms with Gasteiger partial charge in [0.15, 0.2) is 0 Å². The summed E-state index contributed by atoms with van der Waals surface area (Å²) in [5.41, 5.74) is 0.280. The number of alkyl halides is 2. The molecule has 4 heterocycles. The van der Waals surface area contributed by atoms with Crippen LogP contribution >= 0.6 is 0 Å². The van der Waals surface area contributed by atoms with E-state index in [0.29, 0.717) is 25.1 Å². The maximum Gasteiger partial charge on any atom is 0.409 e. The predicted molar refractivity (Wildman–Crippen MR) is 115 cm³/mol. The molecule has 5 fully saturated rings. The van der Waals surface area contributed by atoms with Gasteiger partial charge in [-0.2, -0.15) is 0 Å². The van der Waals surface area contributed by atoms with Crippen molar-refractivity contribution in [3.63, 3.8) is 0 Å². The van der Waals surface area contributed by atoms with E-state index in [2.05, 4.69) is 4.90 Å². The Bertz CT molecular complexity index is 729. The van der Waals surface area contributed by atoms with Crippen molar-refractivity contribution in [2.24, 2.45) is 11.3 Å². The molecule has 4 saturated heterocycles. The van der Waals surface area contributed by atoms with Gasteiger partial charge in [0.2, 0.25) is 0 Å². The van der Waals surface area contributed by atoms with Crippen molar-refractivity contribution in [3.05, 3.63) is 0 Å². The van der Waals surface area contributed by atoms with Crippen molar-refractivity contribution in [2.45, 2.75) is 69.9 Å². The number of carbonyl (C=O) groups excluding carboxylic acids is 2. The number of urea groups is 1. The highest BCUT2D eigenvalue weighted by Gasteiger charge is 2.52. The van der Waals surface area contributed by atoms with Gasteiger partial charge < -0.3 is 24.3 Å². The molecule has 0 radical (unpaired) electrons. The van der Waals surface area contributed by atoms with Crippen molar-refractivity contribution in [2.75, 3.05) is 52.4 Å². The summed E-state index contributed by atoms with van der Waals surface area (Å²) in [4.78, 5) is 32.4. The quantitative estimate of drug-likeness (QED) is 0.657. The summed E-state index contributed by atoms with van der Waals surface area (Å²) in [6.07, 6.45) is 7.33. The van der Waals surface area contributed by atoms with E-state index in [1.807, 2.05) is 16.7 Å². The molecule has 1 atom stereocenters. The van der Waals surface area contributed by atoms with Gasteiger partial charge in [-0.15, -0.1) is 0 Å². The number of likely N-dealkylation sites (tertiary alicyclic amines) is 4. The number of piperidine rings is 1. The highest BCUT2D eigenvalue weighted by Crippen LogP contribution is 2.51. The Morgan fingerprint density at radius 3 is 2.34 bits per heavy atom. The van der Waals surface area contributed by atoms with E-state index >= 15 is 0 Å². The molecule has 1 spiro atoms. The normalized spacial score (nSPS) is 35.2. The Morgan fingerprint density at radius 2 is 1.69 bits per heavy atom. The van der Waals surface area contributed by atoms with E-state index in [1.165, 1.54) is 4.90 Å². The predicted octanol–water partition coefficient (Wildman–Crippen LogP) is 3.24. The van der Waals surface area contributed by atoms with Crippen molar-refractivity contribution >= 4 is 12.1 Å². The van der Waals surface area contributed by atoms with Gasteiger partial charge >= 0.3 is 12.1 Å². The lowest BCUT2D eigenvalue weighted by molar-refractivity contribution is -0.115. The summed E-state index contributed by atoms with van der Waals surface area (Å²) in [6.45, 7) is 5.85. The number of ether oxygens (including phenoxy) is 1. The first-order chi connectivity index (χ1) is 15.3. The van der Waals surface area contributed by atoms with Gasteiger partial charge in [-0.05, 0) is 76.3 Å². The number of amides is 3. The van der Waals surface area contributed by atoms with Crippen molar-refractivity contribution in [3.8, 4) is 0 Å². The highest BCUT2D eigenvalue weighted by atomic mass is 19.3. The number of halogens is 2. The van der Waals surface area contributed by atoms with Crippen LogP contribution in [0.25, 0.3) is 0 Å². The molecule has 4 aliphatic heterocycles. The number of carbonyl (C=O) groups is 2. The maximum absolute atomic E-state index is 13.2. The van der Waals surface area contributed by atoms with E-state index in [1.54, 1.807) is 0 Å². The molecule has 0 aromatic rings. The second-order valence-electron chi connectivity index (χ2n) is 10.7. The molecule has 0 aromatic carbocycles.